The summed E-state index contributed by atoms with van der Waals surface area (Å²) in [6, 6.07) is 8.19. The van der Waals surface area contributed by atoms with Crippen LogP contribution in [0.3, 0.4) is 0 Å². The molecule has 2 rings (SSSR count). The summed E-state index contributed by atoms with van der Waals surface area (Å²) in [5.74, 6) is 0.0951. The number of nitrogens with one attached hydrogen (secondary N) is 1. The van der Waals surface area contributed by atoms with Gasteiger partial charge in [-0.05, 0) is 31.5 Å². The van der Waals surface area contributed by atoms with E-state index in [1.54, 1.807) is 25.1 Å². The third kappa shape index (κ3) is 2.82. The smallest absolute Gasteiger partial charge is 0.134 e. The molecule has 0 unspecified atom stereocenters. The molecule has 1 aromatic carbocycles. The molecule has 0 radical (unpaired) electrons. The van der Waals surface area contributed by atoms with Crippen LogP contribution in [0.1, 0.15) is 21.9 Å². The van der Waals surface area contributed by atoms with Gasteiger partial charge in [-0.1, -0.05) is 12.1 Å². The van der Waals surface area contributed by atoms with Gasteiger partial charge in [-0.3, -0.25) is 0 Å². The molecular weight excluding hydrogens is 230 g/mol. The molecule has 1 heterocycles. The minimum absolute atomic E-state index is 0.127. The van der Waals surface area contributed by atoms with Crippen LogP contribution in [0, 0.1) is 13.8 Å². The van der Waals surface area contributed by atoms with Crippen LogP contribution in [-0.2, 0) is 0 Å². The maximum atomic E-state index is 10.7. The fourth-order valence-corrected chi connectivity index (χ4v) is 1.65. The SMILES string of the molecule is Cc1cc(Nc2cccc(C(=O)[O-])c2)nc(C)n1. The van der Waals surface area contributed by atoms with E-state index >= 15 is 0 Å². The molecule has 5 heteroatoms. The summed E-state index contributed by atoms with van der Waals surface area (Å²) in [7, 11) is 0. The molecule has 1 aromatic heterocycles. The predicted molar refractivity (Wildman–Crippen MR) is 65.6 cm³/mol. The highest BCUT2D eigenvalue weighted by Gasteiger charge is 2.01. The molecule has 0 fully saturated rings. The van der Waals surface area contributed by atoms with E-state index in [9.17, 15) is 9.90 Å². The number of carboxylic acids is 1. The molecule has 18 heavy (non-hydrogen) atoms. The Labute approximate surface area is 105 Å². The van der Waals surface area contributed by atoms with E-state index in [4.69, 9.17) is 0 Å². The van der Waals surface area contributed by atoms with Gasteiger partial charge in [-0.2, -0.15) is 0 Å². The average Bonchev–Trinajstić information content (AvgIpc) is 2.27. The molecule has 0 aliphatic rings. The summed E-state index contributed by atoms with van der Waals surface area (Å²) in [6.07, 6.45) is 0. The molecule has 2 aromatic rings. The zero-order valence-corrected chi connectivity index (χ0v) is 10.1. The molecule has 0 aliphatic heterocycles. The van der Waals surface area contributed by atoms with Crippen LogP contribution in [0.25, 0.3) is 0 Å². The van der Waals surface area contributed by atoms with Crippen molar-refractivity contribution in [1.82, 2.24) is 9.97 Å². The number of benzene rings is 1. The Bertz CT molecular complexity index is 576. The Morgan fingerprint density at radius 1 is 1.22 bits per heavy atom. The second kappa shape index (κ2) is 4.83. The van der Waals surface area contributed by atoms with Crippen LogP contribution >= 0.6 is 0 Å². The van der Waals surface area contributed by atoms with Crippen LogP contribution in [0.2, 0.25) is 0 Å². The number of hydrogen-bond acceptors (Lipinski definition) is 5. The second-order valence-corrected chi connectivity index (χ2v) is 3.94. The molecule has 5 nitrogen and oxygen atoms in total. The number of aromatic carboxylic acids is 1. The predicted octanol–water partition coefficient (Wildman–Crippen LogP) is 1.20. The van der Waals surface area contributed by atoms with Gasteiger partial charge in [0.25, 0.3) is 0 Å². The Balaban J connectivity index is 2.28. The van der Waals surface area contributed by atoms with Gasteiger partial charge in [0.05, 0.1) is 5.97 Å². The monoisotopic (exact) mass is 242 g/mol. The molecule has 0 amide bonds. The zero-order valence-electron chi connectivity index (χ0n) is 10.1. The minimum Gasteiger partial charge on any atom is -0.545 e. The summed E-state index contributed by atoms with van der Waals surface area (Å²) in [4.78, 5) is 19.1. The summed E-state index contributed by atoms with van der Waals surface area (Å²) >= 11 is 0. The van der Waals surface area contributed by atoms with Crippen molar-refractivity contribution in [3.63, 3.8) is 0 Å². The van der Waals surface area contributed by atoms with Crippen LogP contribution < -0.4 is 10.4 Å². The van der Waals surface area contributed by atoms with Crippen molar-refractivity contribution in [2.75, 3.05) is 5.32 Å². The van der Waals surface area contributed by atoms with Crippen LogP contribution in [-0.4, -0.2) is 15.9 Å². The number of carboxylic acid groups (broad SMARTS) is 1. The highest BCUT2D eigenvalue weighted by atomic mass is 16.4. The van der Waals surface area contributed by atoms with Gasteiger partial charge in [0.15, 0.2) is 0 Å². The average molecular weight is 242 g/mol. The van der Waals surface area contributed by atoms with Crippen molar-refractivity contribution in [1.29, 1.82) is 0 Å². The number of rotatable bonds is 3. The maximum absolute atomic E-state index is 10.7. The number of anilines is 2. The first-order valence-corrected chi connectivity index (χ1v) is 5.45. The molecular formula is C13H12N3O2-. The van der Waals surface area contributed by atoms with E-state index < -0.39 is 5.97 Å². The van der Waals surface area contributed by atoms with E-state index in [0.717, 1.165) is 5.69 Å². The van der Waals surface area contributed by atoms with Gasteiger partial charge in [-0.15, -0.1) is 0 Å². The number of aromatic nitrogens is 2. The number of carbonyl (C=O) groups is 1. The van der Waals surface area contributed by atoms with Crippen molar-refractivity contribution in [2.45, 2.75) is 13.8 Å². The maximum Gasteiger partial charge on any atom is 0.134 e. The third-order valence-electron chi connectivity index (χ3n) is 2.34. The fraction of sp³-hybridized carbons (Fsp3) is 0.154. The summed E-state index contributed by atoms with van der Waals surface area (Å²) < 4.78 is 0. The molecule has 0 bridgehead atoms. The van der Waals surface area contributed by atoms with Crippen molar-refractivity contribution < 1.29 is 9.90 Å². The first kappa shape index (κ1) is 12.0. The summed E-state index contributed by atoms with van der Waals surface area (Å²) in [5.41, 5.74) is 1.62. The Kier molecular flexibility index (Phi) is 3.23. The summed E-state index contributed by atoms with van der Waals surface area (Å²) in [6.45, 7) is 3.67. The van der Waals surface area contributed by atoms with Crippen LogP contribution in [0.4, 0.5) is 11.5 Å². The van der Waals surface area contributed by atoms with E-state index in [0.29, 0.717) is 17.3 Å². The van der Waals surface area contributed by atoms with E-state index in [1.165, 1.54) is 12.1 Å². The Morgan fingerprint density at radius 3 is 2.67 bits per heavy atom. The molecule has 0 saturated heterocycles. The lowest BCUT2D eigenvalue weighted by atomic mass is 10.2. The lowest BCUT2D eigenvalue weighted by Gasteiger charge is -2.09. The van der Waals surface area contributed by atoms with Crippen molar-refractivity contribution in [3.8, 4) is 0 Å². The lowest BCUT2D eigenvalue weighted by Crippen LogP contribution is -2.22. The van der Waals surface area contributed by atoms with Gasteiger partial charge in [0.1, 0.15) is 11.6 Å². The van der Waals surface area contributed by atoms with Gasteiger partial charge < -0.3 is 15.2 Å². The molecule has 1 N–H and O–H groups in total. The van der Waals surface area contributed by atoms with Crippen molar-refractivity contribution >= 4 is 17.5 Å². The van der Waals surface area contributed by atoms with Gasteiger partial charge in [-0.25, -0.2) is 9.97 Å². The second-order valence-electron chi connectivity index (χ2n) is 3.94. The highest BCUT2D eigenvalue weighted by molar-refractivity contribution is 5.87. The molecule has 0 saturated carbocycles. The van der Waals surface area contributed by atoms with Gasteiger partial charge in [0.2, 0.25) is 0 Å². The first-order valence-electron chi connectivity index (χ1n) is 5.45. The van der Waals surface area contributed by atoms with E-state index in [-0.39, 0.29) is 5.56 Å². The fourth-order valence-electron chi connectivity index (χ4n) is 1.65. The molecule has 92 valence electrons. The van der Waals surface area contributed by atoms with E-state index in [2.05, 4.69) is 15.3 Å². The Morgan fingerprint density at radius 2 is 2.00 bits per heavy atom. The van der Waals surface area contributed by atoms with Crippen molar-refractivity contribution in [2.24, 2.45) is 0 Å². The molecule has 0 aliphatic carbocycles. The highest BCUT2D eigenvalue weighted by Crippen LogP contribution is 2.16. The molecule has 0 atom stereocenters. The largest absolute Gasteiger partial charge is 0.545 e. The zero-order chi connectivity index (χ0) is 13.1. The van der Waals surface area contributed by atoms with Gasteiger partial charge >= 0.3 is 0 Å². The standard InChI is InChI=1S/C13H13N3O2/c1-8-6-12(15-9(2)14-8)16-11-5-3-4-10(7-11)13(17)18/h3-7H,1-2H3,(H,17,18)(H,14,15,16)/p-1. The molecule has 0 spiro atoms. The minimum atomic E-state index is -1.20. The van der Waals surface area contributed by atoms with Gasteiger partial charge in [0, 0.05) is 17.4 Å². The third-order valence-corrected chi connectivity index (χ3v) is 2.34. The normalized spacial score (nSPS) is 10.1. The lowest BCUT2D eigenvalue weighted by molar-refractivity contribution is -0.255. The number of aryl methyl sites for hydroxylation is 2. The first-order chi connectivity index (χ1) is 8.54. The van der Waals surface area contributed by atoms with Crippen LogP contribution in [0.15, 0.2) is 30.3 Å². The Hall–Kier alpha value is -2.43. The number of nitrogens with zero attached hydrogens (tertiary/aromatic N) is 2. The number of hydrogen-bond donors (Lipinski definition) is 1. The topological polar surface area (TPSA) is 77.9 Å². The number of carbonyl (C=O) groups excluding carboxylic acids is 1. The van der Waals surface area contributed by atoms with E-state index in [1.807, 2.05) is 6.92 Å². The quantitative estimate of drug-likeness (QED) is 0.875. The van der Waals surface area contributed by atoms with Crippen molar-refractivity contribution in [3.05, 3.63) is 47.4 Å². The summed E-state index contributed by atoms with van der Waals surface area (Å²) in [5, 5.41) is 13.8. The van der Waals surface area contributed by atoms with Crippen LogP contribution in [0.5, 0.6) is 0 Å².